The lowest BCUT2D eigenvalue weighted by Gasteiger charge is -2.32. The fourth-order valence-electron chi connectivity index (χ4n) is 3.36. The second-order valence-corrected chi connectivity index (χ2v) is 11.3. The lowest BCUT2D eigenvalue weighted by atomic mass is 10.1. The molecule has 0 heterocycles. The molecule has 2 amide bonds. The zero-order valence-corrected chi connectivity index (χ0v) is 23.0. The van der Waals surface area contributed by atoms with Gasteiger partial charge in [-0.3, -0.25) is 13.9 Å². The van der Waals surface area contributed by atoms with E-state index in [0.29, 0.717) is 33.4 Å². The number of benzene rings is 2. The van der Waals surface area contributed by atoms with Crippen molar-refractivity contribution in [3.8, 4) is 0 Å². The van der Waals surface area contributed by atoms with Gasteiger partial charge in [0, 0.05) is 17.6 Å². The van der Waals surface area contributed by atoms with Crippen LogP contribution >= 0.6 is 23.2 Å². The van der Waals surface area contributed by atoms with Gasteiger partial charge in [-0.2, -0.15) is 13.2 Å². The van der Waals surface area contributed by atoms with Gasteiger partial charge < -0.3 is 10.2 Å². The van der Waals surface area contributed by atoms with E-state index in [0.717, 1.165) is 17.2 Å². The van der Waals surface area contributed by atoms with Crippen LogP contribution in [0, 0.1) is 0 Å². The molecule has 0 unspecified atom stereocenters. The quantitative estimate of drug-likeness (QED) is 0.422. The molecule has 0 spiro atoms. The Hall–Kier alpha value is -2.50. The number of amides is 2. The second kappa shape index (κ2) is 12.4. The number of sulfonamides is 1. The summed E-state index contributed by atoms with van der Waals surface area (Å²) in [6, 6.07) is 7.48. The maximum absolute atomic E-state index is 13.5. The van der Waals surface area contributed by atoms with Gasteiger partial charge in [0.05, 0.1) is 22.5 Å². The molecular formula is C24H28Cl2F3N3O4S. The molecule has 0 aliphatic carbocycles. The van der Waals surface area contributed by atoms with Crippen molar-refractivity contribution in [3.05, 3.63) is 63.6 Å². The summed E-state index contributed by atoms with van der Waals surface area (Å²) >= 11 is 12.1. The smallest absolute Gasteiger partial charge is 0.352 e. The van der Waals surface area contributed by atoms with E-state index in [2.05, 4.69) is 5.32 Å². The molecule has 0 saturated carbocycles. The monoisotopic (exact) mass is 581 g/mol. The number of nitrogens with one attached hydrogen (secondary N) is 1. The zero-order valence-electron chi connectivity index (χ0n) is 20.6. The van der Waals surface area contributed by atoms with Crippen LogP contribution in [0.15, 0.2) is 42.5 Å². The molecule has 1 N–H and O–H groups in total. The van der Waals surface area contributed by atoms with Gasteiger partial charge in [0.1, 0.15) is 12.6 Å². The first-order valence-corrected chi connectivity index (χ1v) is 13.8. The van der Waals surface area contributed by atoms with Crippen molar-refractivity contribution < 1.29 is 31.2 Å². The molecule has 0 radical (unpaired) electrons. The van der Waals surface area contributed by atoms with Gasteiger partial charge in [0.15, 0.2) is 0 Å². The van der Waals surface area contributed by atoms with Crippen LogP contribution in [-0.4, -0.2) is 50.0 Å². The first-order chi connectivity index (χ1) is 17.0. The zero-order chi connectivity index (χ0) is 28.1. The molecule has 7 nitrogen and oxygen atoms in total. The third kappa shape index (κ3) is 8.51. The number of hydrogen-bond donors (Lipinski definition) is 1. The van der Waals surface area contributed by atoms with Gasteiger partial charge in [0.25, 0.3) is 0 Å². The number of rotatable bonds is 10. The summed E-state index contributed by atoms with van der Waals surface area (Å²) in [6.07, 6.45) is -3.39. The standard InChI is InChI=1S/C24H28Cl2F3N3O4S/c1-5-15(2)30-23(34)16(3)31(13-17-7-6-8-19(25)11-17)22(33)14-32(37(4,35)36)21-12-18(24(27,28)29)9-10-20(21)26/h6-12,15-16H,5,13-14H2,1-4H3,(H,30,34)/t15-,16+/m0/s1. The summed E-state index contributed by atoms with van der Waals surface area (Å²) in [5, 5.41) is 2.86. The molecule has 204 valence electrons. The first-order valence-electron chi connectivity index (χ1n) is 11.2. The Labute approximate surface area is 224 Å². The summed E-state index contributed by atoms with van der Waals surface area (Å²) in [4.78, 5) is 27.5. The Bertz CT molecular complexity index is 1240. The van der Waals surface area contributed by atoms with Crippen LogP contribution in [0.1, 0.15) is 38.3 Å². The van der Waals surface area contributed by atoms with Crippen molar-refractivity contribution in [3.63, 3.8) is 0 Å². The molecule has 0 aromatic heterocycles. The molecule has 0 saturated heterocycles. The maximum atomic E-state index is 13.5. The Morgan fingerprint density at radius 3 is 2.27 bits per heavy atom. The number of carbonyl (C=O) groups is 2. The van der Waals surface area contributed by atoms with Crippen molar-refractivity contribution in [2.24, 2.45) is 0 Å². The summed E-state index contributed by atoms with van der Waals surface area (Å²) in [7, 11) is -4.27. The maximum Gasteiger partial charge on any atom is 0.416 e. The molecule has 13 heteroatoms. The third-order valence-electron chi connectivity index (χ3n) is 5.63. The predicted molar refractivity (Wildman–Crippen MR) is 138 cm³/mol. The summed E-state index contributed by atoms with van der Waals surface area (Å²) in [5.74, 6) is -1.31. The van der Waals surface area contributed by atoms with Gasteiger partial charge in [-0.1, -0.05) is 42.3 Å². The van der Waals surface area contributed by atoms with E-state index in [1.54, 1.807) is 31.2 Å². The van der Waals surface area contributed by atoms with Gasteiger partial charge >= 0.3 is 6.18 Å². The molecule has 0 aliphatic rings. The highest BCUT2D eigenvalue weighted by atomic mass is 35.5. The number of carbonyl (C=O) groups excluding carboxylic acids is 2. The van der Waals surface area contributed by atoms with Crippen molar-refractivity contribution in [1.82, 2.24) is 10.2 Å². The van der Waals surface area contributed by atoms with E-state index < -0.39 is 51.9 Å². The van der Waals surface area contributed by atoms with Gasteiger partial charge in [-0.25, -0.2) is 8.42 Å². The van der Waals surface area contributed by atoms with Gasteiger partial charge in [-0.15, -0.1) is 0 Å². The number of hydrogen-bond acceptors (Lipinski definition) is 4. The number of alkyl halides is 3. The Morgan fingerprint density at radius 1 is 1.08 bits per heavy atom. The Kier molecular flexibility index (Phi) is 10.3. The number of nitrogens with zero attached hydrogens (tertiary/aromatic N) is 2. The highest BCUT2D eigenvalue weighted by Crippen LogP contribution is 2.36. The highest BCUT2D eigenvalue weighted by Gasteiger charge is 2.34. The Balaban J connectivity index is 2.50. The largest absolute Gasteiger partial charge is 0.416 e. The third-order valence-corrected chi connectivity index (χ3v) is 7.31. The number of halogens is 5. The normalized spacial score (nSPS) is 13.5. The first kappa shape index (κ1) is 30.7. The van der Waals surface area contributed by atoms with Crippen LogP contribution < -0.4 is 9.62 Å². The lowest BCUT2D eigenvalue weighted by Crippen LogP contribution is -2.52. The number of anilines is 1. The molecule has 2 aromatic rings. The van der Waals surface area contributed by atoms with E-state index in [1.807, 2.05) is 6.92 Å². The minimum atomic E-state index is -4.77. The van der Waals surface area contributed by atoms with Gasteiger partial charge in [0.2, 0.25) is 21.8 Å². The molecular weight excluding hydrogens is 554 g/mol. The van der Waals surface area contributed by atoms with Crippen LogP contribution in [0.3, 0.4) is 0 Å². The molecule has 2 aromatic carbocycles. The summed E-state index contributed by atoms with van der Waals surface area (Å²) < 4.78 is 65.7. The predicted octanol–water partition coefficient (Wildman–Crippen LogP) is 5.11. The van der Waals surface area contributed by atoms with E-state index in [1.165, 1.54) is 6.92 Å². The minimum Gasteiger partial charge on any atom is -0.352 e. The SMILES string of the molecule is CC[C@H](C)NC(=O)[C@@H](C)N(Cc1cccc(Cl)c1)C(=O)CN(c1cc(C(F)(F)F)ccc1Cl)S(C)(=O)=O. The van der Waals surface area contributed by atoms with Crippen LogP contribution in [0.25, 0.3) is 0 Å². The molecule has 2 rings (SSSR count). The van der Waals surface area contributed by atoms with E-state index in [4.69, 9.17) is 23.2 Å². The molecule has 37 heavy (non-hydrogen) atoms. The summed E-state index contributed by atoms with van der Waals surface area (Å²) in [6.45, 7) is 4.13. The van der Waals surface area contributed by atoms with E-state index in [9.17, 15) is 31.2 Å². The average Bonchev–Trinajstić information content (AvgIpc) is 2.79. The topological polar surface area (TPSA) is 86.8 Å². The van der Waals surface area contributed by atoms with Crippen LogP contribution in [0.2, 0.25) is 10.0 Å². The Morgan fingerprint density at radius 2 is 1.73 bits per heavy atom. The van der Waals surface area contributed by atoms with Crippen LogP contribution in [0.5, 0.6) is 0 Å². The highest BCUT2D eigenvalue weighted by molar-refractivity contribution is 7.92. The van der Waals surface area contributed by atoms with Crippen molar-refractivity contribution in [2.75, 3.05) is 17.1 Å². The van der Waals surface area contributed by atoms with Crippen molar-refractivity contribution >= 4 is 50.7 Å². The summed E-state index contributed by atoms with van der Waals surface area (Å²) in [5.41, 5.74) is -1.08. The molecule has 0 bridgehead atoms. The van der Waals surface area contributed by atoms with Gasteiger partial charge in [-0.05, 0) is 56.2 Å². The van der Waals surface area contributed by atoms with Crippen molar-refractivity contribution in [2.45, 2.75) is 52.0 Å². The lowest BCUT2D eigenvalue weighted by molar-refractivity contribution is -0.139. The average molecular weight is 582 g/mol. The fourth-order valence-corrected chi connectivity index (χ4v) is 4.69. The van der Waals surface area contributed by atoms with E-state index >= 15 is 0 Å². The fraction of sp³-hybridized carbons (Fsp3) is 0.417. The molecule has 0 fully saturated rings. The van der Waals surface area contributed by atoms with E-state index in [-0.39, 0.29) is 17.6 Å². The van der Waals surface area contributed by atoms with Crippen molar-refractivity contribution in [1.29, 1.82) is 0 Å². The van der Waals surface area contributed by atoms with Crippen LogP contribution in [-0.2, 0) is 32.3 Å². The molecule has 0 aliphatic heterocycles. The second-order valence-electron chi connectivity index (χ2n) is 8.58. The van der Waals surface area contributed by atoms with Crippen LogP contribution in [0.4, 0.5) is 18.9 Å². The molecule has 2 atom stereocenters. The minimum absolute atomic E-state index is 0.109.